The third-order valence-electron chi connectivity index (χ3n) is 6.33. The van der Waals surface area contributed by atoms with E-state index < -0.39 is 8.32 Å². The fourth-order valence-electron chi connectivity index (χ4n) is 3.61. The molecular weight excluding hydrogens is 362 g/mol. The van der Waals surface area contributed by atoms with Crippen molar-refractivity contribution in [3.8, 4) is 0 Å². The van der Waals surface area contributed by atoms with Crippen LogP contribution in [0.3, 0.4) is 0 Å². The predicted octanol–water partition coefficient (Wildman–Crippen LogP) is 5.09. The lowest BCUT2D eigenvalue weighted by atomic mass is 10.0. The van der Waals surface area contributed by atoms with Gasteiger partial charge in [-0.05, 0) is 54.6 Å². The van der Waals surface area contributed by atoms with Crippen molar-refractivity contribution in [3.63, 3.8) is 0 Å². The molecule has 28 heavy (non-hydrogen) atoms. The highest BCUT2D eigenvalue weighted by atomic mass is 28.4. The Morgan fingerprint density at radius 2 is 1.86 bits per heavy atom. The fourth-order valence-corrected chi connectivity index (χ4v) is 4.90. The Morgan fingerprint density at radius 1 is 1.14 bits per heavy atom. The SMILES string of the molecule is CC(C)(C)[Si](C)(C)O[C@H](c1ccccc1)[C@H]1CCC(Cc2ccc(N)nc2)N1. The van der Waals surface area contributed by atoms with Crippen LogP contribution >= 0.6 is 0 Å². The van der Waals surface area contributed by atoms with E-state index in [1.165, 1.54) is 11.1 Å². The molecule has 0 spiro atoms. The van der Waals surface area contributed by atoms with Crippen molar-refractivity contribution in [3.05, 3.63) is 59.8 Å². The minimum Gasteiger partial charge on any atom is -0.408 e. The molecule has 5 heteroatoms. The maximum absolute atomic E-state index is 6.93. The maximum Gasteiger partial charge on any atom is 0.192 e. The molecule has 2 aromatic rings. The van der Waals surface area contributed by atoms with E-state index >= 15 is 0 Å². The summed E-state index contributed by atoms with van der Waals surface area (Å²) in [6.45, 7) is 11.6. The number of nitrogens with zero attached hydrogens (tertiary/aromatic N) is 1. The second kappa shape index (κ2) is 8.35. The van der Waals surface area contributed by atoms with Gasteiger partial charge in [0.15, 0.2) is 8.32 Å². The van der Waals surface area contributed by atoms with E-state index in [0.29, 0.717) is 17.9 Å². The van der Waals surface area contributed by atoms with Crippen LogP contribution in [-0.4, -0.2) is 25.4 Å². The summed E-state index contributed by atoms with van der Waals surface area (Å²) in [6.07, 6.45) is 5.24. The average molecular weight is 398 g/mol. The number of hydrogen-bond acceptors (Lipinski definition) is 4. The molecule has 2 heterocycles. The summed E-state index contributed by atoms with van der Waals surface area (Å²) in [4.78, 5) is 4.23. The number of nitrogens with two attached hydrogens (primary N) is 1. The third kappa shape index (κ3) is 5.02. The molecule has 1 saturated heterocycles. The molecular formula is C23H35N3OSi. The zero-order valence-corrected chi connectivity index (χ0v) is 18.9. The highest BCUT2D eigenvalue weighted by molar-refractivity contribution is 6.74. The second-order valence-corrected chi connectivity index (χ2v) is 14.3. The lowest BCUT2D eigenvalue weighted by Crippen LogP contribution is -2.46. The first-order valence-corrected chi connectivity index (χ1v) is 13.3. The number of nitrogen functional groups attached to an aromatic ring is 1. The van der Waals surface area contributed by atoms with Crippen LogP contribution in [0.2, 0.25) is 18.1 Å². The number of pyridine rings is 1. The van der Waals surface area contributed by atoms with Crippen molar-refractivity contribution in [1.82, 2.24) is 10.3 Å². The Morgan fingerprint density at radius 3 is 2.46 bits per heavy atom. The standard InChI is InChI=1S/C23H35N3OSi/c1-23(2,3)28(4,5)27-22(18-9-7-6-8-10-18)20-13-12-19(26-20)15-17-11-14-21(24)25-16-17/h6-11,14,16,19-20,22,26H,12-13,15H2,1-5H3,(H2,24,25)/t19?,20-,22-/m1/s1. The summed E-state index contributed by atoms with van der Waals surface area (Å²) in [5, 5.41) is 4.05. The molecule has 1 aromatic carbocycles. The van der Waals surface area contributed by atoms with Crippen molar-refractivity contribution in [1.29, 1.82) is 0 Å². The Labute approximate surface area is 171 Å². The number of rotatable bonds is 6. The molecule has 1 unspecified atom stereocenters. The Hall–Kier alpha value is -1.69. The van der Waals surface area contributed by atoms with Crippen molar-refractivity contribution < 1.29 is 4.43 Å². The van der Waals surface area contributed by atoms with Crippen molar-refractivity contribution in [2.45, 2.75) is 76.4 Å². The molecule has 3 N–H and O–H groups in total. The van der Waals surface area contributed by atoms with E-state index in [1.807, 2.05) is 12.3 Å². The van der Waals surface area contributed by atoms with E-state index in [2.05, 4.69) is 80.6 Å². The quantitative estimate of drug-likeness (QED) is 0.667. The largest absolute Gasteiger partial charge is 0.408 e. The van der Waals surface area contributed by atoms with E-state index in [0.717, 1.165) is 19.3 Å². The van der Waals surface area contributed by atoms with Gasteiger partial charge in [-0.25, -0.2) is 4.98 Å². The maximum atomic E-state index is 6.93. The Bertz CT molecular complexity index is 756. The van der Waals surface area contributed by atoms with Gasteiger partial charge < -0.3 is 15.5 Å². The van der Waals surface area contributed by atoms with Gasteiger partial charge in [0.1, 0.15) is 5.82 Å². The molecule has 0 saturated carbocycles. The van der Waals surface area contributed by atoms with Crippen LogP contribution < -0.4 is 11.1 Å². The number of hydrogen-bond donors (Lipinski definition) is 2. The Kier molecular flexibility index (Phi) is 6.27. The first-order chi connectivity index (χ1) is 13.2. The molecule has 0 aliphatic carbocycles. The first kappa shape index (κ1) is 21.0. The predicted molar refractivity (Wildman–Crippen MR) is 120 cm³/mol. The van der Waals surface area contributed by atoms with Crippen molar-refractivity contribution in [2.75, 3.05) is 5.73 Å². The molecule has 3 atom stereocenters. The fraction of sp³-hybridized carbons (Fsp3) is 0.522. The molecule has 1 aliphatic rings. The first-order valence-electron chi connectivity index (χ1n) is 10.3. The van der Waals surface area contributed by atoms with Gasteiger partial charge in [0.2, 0.25) is 0 Å². The number of nitrogens with one attached hydrogen (secondary N) is 1. The van der Waals surface area contributed by atoms with E-state index in [9.17, 15) is 0 Å². The van der Waals surface area contributed by atoms with Gasteiger partial charge in [0.05, 0.1) is 6.10 Å². The lowest BCUT2D eigenvalue weighted by Gasteiger charge is -2.41. The molecule has 0 radical (unpaired) electrons. The third-order valence-corrected chi connectivity index (χ3v) is 10.8. The lowest BCUT2D eigenvalue weighted by molar-refractivity contribution is 0.143. The highest BCUT2D eigenvalue weighted by Crippen LogP contribution is 2.41. The van der Waals surface area contributed by atoms with Crippen LogP contribution in [0.1, 0.15) is 50.8 Å². The minimum absolute atomic E-state index is 0.0941. The smallest absolute Gasteiger partial charge is 0.192 e. The zero-order chi connectivity index (χ0) is 20.4. The zero-order valence-electron chi connectivity index (χ0n) is 17.9. The van der Waals surface area contributed by atoms with E-state index in [-0.39, 0.29) is 11.1 Å². The molecule has 1 fully saturated rings. The van der Waals surface area contributed by atoms with Crippen molar-refractivity contribution in [2.24, 2.45) is 0 Å². The minimum atomic E-state index is -1.88. The van der Waals surface area contributed by atoms with Gasteiger partial charge in [0.25, 0.3) is 0 Å². The highest BCUT2D eigenvalue weighted by Gasteiger charge is 2.42. The van der Waals surface area contributed by atoms with Gasteiger partial charge in [0, 0.05) is 18.3 Å². The number of anilines is 1. The molecule has 4 nitrogen and oxygen atoms in total. The number of benzene rings is 1. The van der Waals surface area contributed by atoms with Crippen LogP contribution in [0.5, 0.6) is 0 Å². The molecule has 0 bridgehead atoms. The van der Waals surface area contributed by atoms with Crippen molar-refractivity contribution >= 4 is 14.1 Å². The van der Waals surface area contributed by atoms with Gasteiger partial charge in [-0.15, -0.1) is 0 Å². The summed E-state index contributed by atoms with van der Waals surface area (Å²) in [6, 6.07) is 15.5. The summed E-state index contributed by atoms with van der Waals surface area (Å²) in [5.74, 6) is 0.577. The van der Waals surface area contributed by atoms with E-state index in [4.69, 9.17) is 10.2 Å². The molecule has 0 amide bonds. The molecule has 1 aromatic heterocycles. The topological polar surface area (TPSA) is 60.2 Å². The van der Waals surface area contributed by atoms with Crippen LogP contribution in [0, 0.1) is 0 Å². The normalized spacial score (nSPS) is 21.6. The summed E-state index contributed by atoms with van der Waals surface area (Å²) < 4.78 is 6.93. The number of aromatic nitrogens is 1. The molecule has 3 rings (SSSR count). The molecule has 1 aliphatic heterocycles. The van der Waals surface area contributed by atoms with Crippen LogP contribution in [-0.2, 0) is 10.8 Å². The summed E-state index contributed by atoms with van der Waals surface area (Å²) in [7, 11) is -1.88. The van der Waals surface area contributed by atoms with Crippen LogP contribution in [0.25, 0.3) is 0 Å². The Balaban J connectivity index is 1.75. The summed E-state index contributed by atoms with van der Waals surface area (Å²) in [5.41, 5.74) is 8.22. The van der Waals surface area contributed by atoms with Crippen LogP contribution in [0.4, 0.5) is 5.82 Å². The van der Waals surface area contributed by atoms with Gasteiger partial charge in [-0.2, -0.15) is 0 Å². The van der Waals surface area contributed by atoms with Crippen LogP contribution in [0.15, 0.2) is 48.7 Å². The summed E-state index contributed by atoms with van der Waals surface area (Å²) >= 11 is 0. The van der Waals surface area contributed by atoms with Gasteiger partial charge >= 0.3 is 0 Å². The van der Waals surface area contributed by atoms with Gasteiger partial charge in [-0.3, -0.25) is 0 Å². The van der Waals surface area contributed by atoms with Gasteiger partial charge in [-0.1, -0.05) is 57.2 Å². The molecule has 152 valence electrons. The second-order valence-electron chi connectivity index (χ2n) is 9.55. The average Bonchev–Trinajstić information content (AvgIpc) is 3.10. The monoisotopic (exact) mass is 397 g/mol. The van der Waals surface area contributed by atoms with E-state index in [1.54, 1.807) is 0 Å².